The molecule has 9 heteroatoms. The minimum Gasteiger partial charge on any atom is -0.497 e. The van der Waals surface area contributed by atoms with Crippen molar-refractivity contribution in [1.29, 1.82) is 0 Å². The molecule has 220 valence electrons. The van der Waals surface area contributed by atoms with Gasteiger partial charge in [-0.05, 0) is 84.7 Å². The maximum absolute atomic E-state index is 14.4. The Morgan fingerprint density at radius 2 is 1.56 bits per heavy atom. The number of carbonyl (C=O) groups is 1. The summed E-state index contributed by atoms with van der Waals surface area (Å²) in [5.41, 5.74) is 6.85. The molecule has 43 heavy (non-hydrogen) atoms. The largest absolute Gasteiger partial charge is 0.497 e. The van der Waals surface area contributed by atoms with E-state index in [9.17, 15) is 10.0 Å². The van der Waals surface area contributed by atoms with Gasteiger partial charge in [0.15, 0.2) is 0 Å². The van der Waals surface area contributed by atoms with Gasteiger partial charge < -0.3 is 14.8 Å². The Labute approximate surface area is 266 Å². The van der Waals surface area contributed by atoms with Crippen molar-refractivity contribution in [3.8, 4) is 16.9 Å². The monoisotopic (exact) mass is 633 g/mol. The molecule has 0 radical (unpaired) electrons. The van der Waals surface area contributed by atoms with E-state index >= 15 is 0 Å². The number of ether oxygens (including phenoxy) is 1. The Hall–Kier alpha value is -3.71. The molecule has 0 saturated heterocycles. The molecule has 4 aromatic carbocycles. The van der Waals surface area contributed by atoms with Crippen molar-refractivity contribution in [3.05, 3.63) is 111 Å². The summed E-state index contributed by atoms with van der Waals surface area (Å²) < 4.78 is 5.33. The Morgan fingerprint density at radius 1 is 0.884 bits per heavy atom. The Morgan fingerprint density at radius 3 is 2.21 bits per heavy atom. The predicted octanol–water partition coefficient (Wildman–Crippen LogP) is 10.1. The average molecular weight is 635 g/mol. The quantitative estimate of drug-likeness (QED) is 0.170. The first kappa shape index (κ1) is 29.4. The van der Waals surface area contributed by atoms with Crippen LogP contribution in [0.15, 0.2) is 84.0 Å². The number of hydrogen-bond acceptors (Lipinski definition) is 4. The fourth-order valence-corrected chi connectivity index (χ4v) is 6.88. The first-order chi connectivity index (χ1) is 20.9. The van der Waals surface area contributed by atoms with E-state index in [0.29, 0.717) is 46.7 Å². The van der Waals surface area contributed by atoms with Gasteiger partial charge in [0.25, 0.3) is 0 Å². The van der Waals surface area contributed by atoms with Crippen LogP contribution in [-0.2, 0) is 13.1 Å². The van der Waals surface area contributed by atoms with Crippen LogP contribution in [-0.4, -0.2) is 29.0 Å². The zero-order valence-electron chi connectivity index (χ0n) is 23.6. The number of urea groups is 1. The Kier molecular flexibility index (Phi) is 8.53. The molecule has 1 saturated carbocycles. The van der Waals surface area contributed by atoms with Crippen molar-refractivity contribution < 1.29 is 14.7 Å². The lowest BCUT2D eigenvalue weighted by Gasteiger charge is -2.40. The number of fused-ring (bicyclic) bond motifs is 1. The van der Waals surface area contributed by atoms with Crippen LogP contribution in [0.4, 0.5) is 16.2 Å². The van der Waals surface area contributed by atoms with Crippen LogP contribution in [0.25, 0.3) is 11.1 Å². The van der Waals surface area contributed by atoms with E-state index in [-0.39, 0.29) is 11.9 Å². The number of benzene rings is 4. The van der Waals surface area contributed by atoms with Crippen LogP contribution in [0.1, 0.15) is 48.3 Å². The SMILES string of the molecule is COc1ccc(CN2Cc3c(-c4ccccc4Cl)cc(C4CCC(=NO)CC4)cc3N(c3c(Cl)cccc3Cl)C2=O)cc1. The van der Waals surface area contributed by atoms with E-state index in [1.807, 2.05) is 48.5 Å². The van der Waals surface area contributed by atoms with E-state index in [4.69, 9.17) is 39.5 Å². The second-order valence-electron chi connectivity index (χ2n) is 10.9. The van der Waals surface area contributed by atoms with Gasteiger partial charge in [-0.3, -0.25) is 4.90 Å². The van der Waals surface area contributed by atoms with Gasteiger partial charge in [0.1, 0.15) is 5.75 Å². The summed E-state index contributed by atoms with van der Waals surface area (Å²) in [4.78, 5) is 17.9. The molecule has 2 aliphatic rings. The number of anilines is 2. The van der Waals surface area contributed by atoms with Crippen molar-refractivity contribution in [2.45, 2.75) is 44.7 Å². The predicted molar refractivity (Wildman–Crippen MR) is 174 cm³/mol. The fraction of sp³-hybridized carbons (Fsp3) is 0.235. The summed E-state index contributed by atoms with van der Waals surface area (Å²) in [5, 5.41) is 14.2. The minimum absolute atomic E-state index is 0.216. The molecule has 1 N–H and O–H groups in total. The summed E-state index contributed by atoms with van der Waals surface area (Å²) >= 11 is 20.4. The molecule has 0 aromatic heterocycles. The minimum atomic E-state index is -0.223. The molecule has 6 nitrogen and oxygen atoms in total. The fourth-order valence-electron chi connectivity index (χ4n) is 6.08. The topological polar surface area (TPSA) is 65.4 Å². The van der Waals surface area contributed by atoms with E-state index < -0.39 is 0 Å². The molecule has 4 aromatic rings. The number of rotatable bonds is 6. The number of oxime groups is 1. The number of nitrogens with zero attached hydrogens (tertiary/aromatic N) is 3. The highest BCUT2D eigenvalue weighted by molar-refractivity contribution is 6.40. The van der Waals surface area contributed by atoms with Gasteiger partial charge in [-0.1, -0.05) is 82.4 Å². The Bertz CT molecular complexity index is 1680. The normalized spacial score (nSPS) is 16.7. The van der Waals surface area contributed by atoms with Crippen LogP contribution >= 0.6 is 34.8 Å². The van der Waals surface area contributed by atoms with Gasteiger partial charge in [-0.2, -0.15) is 0 Å². The van der Waals surface area contributed by atoms with Crippen LogP contribution in [0.2, 0.25) is 15.1 Å². The van der Waals surface area contributed by atoms with Gasteiger partial charge in [0.05, 0.1) is 40.8 Å². The molecule has 6 rings (SSSR count). The maximum atomic E-state index is 14.4. The van der Waals surface area contributed by atoms with Gasteiger partial charge in [0, 0.05) is 22.7 Å². The molecule has 2 amide bonds. The molecule has 1 heterocycles. The number of amides is 2. The second kappa shape index (κ2) is 12.5. The summed E-state index contributed by atoms with van der Waals surface area (Å²) in [6.07, 6.45) is 3.11. The van der Waals surface area contributed by atoms with E-state index in [1.54, 1.807) is 35.1 Å². The van der Waals surface area contributed by atoms with Crippen molar-refractivity contribution in [2.24, 2.45) is 5.16 Å². The number of hydrogen-bond donors (Lipinski definition) is 1. The molecule has 1 aliphatic carbocycles. The highest BCUT2D eigenvalue weighted by Crippen LogP contribution is 2.48. The highest BCUT2D eigenvalue weighted by Gasteiger charge is 2.36. The first-order valence-electron chi connectivity index (χ1n) is 14.2. The standard InChI is InChI=1S/C34H30Cl3N3O3/c1-43-25-15-9-21(10-16-25)19-39-20-28-27(26-5-2-3-6-29(26)35)17-23(22-11-13-24(38-42)14-12-22)18-32(28)40(34(39)41)33-30(36)7-4-8-31(33)37/h2-10,15-18,22,42H,11-14,19-20H2,1H3. The number of para-hydroxylation sites is 1. The maximum Gasteiger partial charge on any atom is 0.329 e. The zero-order valence-corrected chi connectivity index (χ0v) is 25.8. The third kappa shape index (κ3) is 5.79. The number of carbonyl (C=O) groups excluding carboxylic acids is 1. The lowest BCUT2D eigenvalue weighted by molar-refractivity contribution is 0.198. The van der Waals surface area contributed by atoms with Crippen molar-refractivity contribution in [2.75, 3.05) is 12.0 Å². The third-order valence-electron chi connectivity index (χ3n) is 8.33. The molecular formula is C34H30Cl3N3O3. The number of methoxy groups -OCH3 is 1. The highest BCUT2D eigenvalue weighted by atomic mass is 35.5. The van der Waals surface area contributed by atoms with E-state index in [0.717, 1.165) is 57.8 Å². The lowest BCUT2D eigenvalue weighted by Crippen LogP contribution is -2.44. The lowest BCUT2D eigenvalue weighted by atomic mass is 9.80. The summed E-state index contributed by atoms with van der Waals surface area (Å²) in [6.45, 7) is 0.738. The molecule has 0 bridgehead atoms. The second-order valence-corrected chi connectivity index (χ2v) is 12.1. The summed E-state index contributed by atoms with van der Waals surface area (Å²) in [7, 11) is 1.63. The van der Waals surface area contributed by atoms with E-state index in [1.165, 1.54) is 0 Å². The smallest absolute Gasteiger partial charge is 0.329 e. The summed E-state index contributed by atoms with van der Waals surface area (Å²) in [5.74, 6) is 0.963. The molecule has 1 aliphatic heterocycles. The molecule has 0 unspecified atom stereocenters. The van der Waals surface area contributed by atoms with Crippen LogP contribution in [0.5, 0.6) is 5.75 Å². The van der Waals surface area contributed by atoms with E-state index in [2.05, 4.69) is 17.3 Å². The average Bonchev–Trinajstić information content (AvgIpc) is 3.03. The van der Waals surface area contributed by atoms with Crippen molar-refractivity contribution in [1.82, 2.24) is 4.90 Å². The van der Waals surface area contributed by atoms with Gasteiger partial charge >= 0.3 is 6.03 Å². The van der Waals surface area contributed by atoms with Crippen molar-refractivity contribution >= 4 is 57.9 Å². The van der Waals surface area contributed by atoms with Gasteiger partial charge in [-0.25, -0.2) is 4.79 Å². The summed E-state index contributed by atoms with van der Waals surface area (Å²) in [6, 6.07) is 24.8. The van der Waals surface area contributed by atoms with Crippen LogP contribution in [0.3, 0.4) is 0 Å². The number of halogens is 3. The third-order valence-corrected chi connectivity index (χ3v) is 9.27. The van der Waals surface area contributed by atoms with Crippen molar-refractivity contribution in [3.63, 3.8) is 0 Å². The van der Waals surface area contributed by atoms with Gasteiger partial charge in [0.2, 0.25) is 0 Å². The molecule has 0 atom stereocenters. The molecule has 0 spiro atoms. The zero-order chi connectivity index (χ0) is 30.1. The van der Waals surface area contributed by atoms with Gasteiger partial charge in [-0.15, -0.1) is 0 Å². The van der Waals surface area contributed by atoms with Crippen LogP contribution in [0, 0.1) is 0 Å². The molecular weight excluding hydrogens is 605 g/mol. The molecule has 1 fully saturated rings. The first-order valence-corrected chi connectivity index (χ1v) is 15.3. The Balaban J connectivity index is 1.54. The van der Waals surface area contributed by atoms with Crippen LogP contribution < -0.4 is 9.64 Å².